The molecule has 12 heteroatoms. The molecule has 0 unspecified atom stereocenters. The number of benzene rings is 1. The maximum absolute atomic E-state index is 16.0. The molecule has 0 fully saturated rings. The van der Waals surface area contributed by atoms with Gasteiger partial charge < -0.3 is 30.6 Å². The van der Waals surface area contributed by atoms with Crippen molar-refractivity contribution in [2.75, 3.05) is 44.0 Å². The van der Waals surface area contributed by atoms with Crippen molar-refractivity contribution in [3.8, 4) is 23.1 Å². The first-order chi connectivity index (χ1) is 16.0. The lowest BCUT2D eigenvalue weighted by Gasteiger charge is -2.21. The fourth-order valence-corrected chi connectivity index (χ4v) is 4.93. The highest BCUT2D eigenvalue weighted by atomic mass is 32.1. The Hall–Kier alpha value is -3.64. The topological polar surface area (TPSA) is 130 Å². The van der Waals surface area contributed by atoms with E-state index in [1.165, 1.54) is 19.2 Å². The molecule has 0 bridgehead atoms. The molecule has 1 aromatic carbocycles. The Bertz CT molecular complexity index is 1430. The molecule has 0 saturated carbocycles. The zero-order valence-electron chi connectivity index (χ0n) is 17.4. The average molecular weight is 472 g/mol. The molecule has 1 aliphatic rings. The van der Waals surface area contributed by atoms with E-state index in [1.54, 1.807) is 4.90 Å². The van der Waals surface area contributed by atoms with Crippen LogP contribution < -0.4 is 20.1 Å². The Morgan fingerprint density at radius 1 is 1.30 bits per heavy atom. The molecule has 0 aliphatic carbocycles. The van der Waals surface area contributed by atoms with Gasteiger partial charge in [0.1, 0.15) is 34.8 Å². The molecule has 0 saturated heterocycles. The van der Waals surface area contributed by atoms with Crippen LogP contribution in [-0.2, 0) is 0 Å². The van der Waals surface area contributed by atoms with Gasteiger partial charge in [0.15, 0.2) is 5.82 Å². The van der Waals surface area contributed by atoms with Gasteiger partial charge in [-0.3, -0.25) is 0 Å². The number of nitrogens with two attached hydrogens (primary N) is 1. The van der Waals surface area contributed by atoms with Gasteiger partial charge in [-0.15, -0.1) is 11.3 Å². The predicted octanol–water partition coefficient (Wildman–Crippen LogP) is 2.96. The lowest BCUT2D eigenvalue weighted by Crippen LogP contribution is -2.30. The summed E-state index contributed by atoms with van der Waals surface area (Å²) >= 11 is 0.981. The van der Waals surface area contributed by atoms with Gasteiger partial charge in [0.2, 0.25) is 5.88 Å². The molecular formula is C21H18F2N6O3S. The van der Waals surface area contributed by atoms with Crippen LogP contribution in [0, 0.1) is 17.0 Å². The minimum absolute atomic E-state index is 0.0615. The number of aromatic nitrogens is 3. The van der Waals surface area contributed by atoms with Crippen LogP contribution in [0.3, 0.4) is 0 Å². The highest BCUT2D eigenvalue weighted by molar-refractivity contribution is 7.23. The first-order valence-corrected chi connectivity index (χ1v) is 10.7. The molecule has 4 N–H and O–H groups in total. The second kappa shape index (κ2) is 8.05. The minimum Gasteiger partial charge on any atom is -0.475 e. The summed E-state index contributed by atoms with van der Waals surface area (Å²) in [4.78, 5) is 14.7. The van der Waals surface area contributed by atoms with Crippen molar-refractivity contribution in [1.82, 2.24) is 15.0 Å². The number of nitrogens with zero attached hydrogens (tertiary/aromatic N) is 4. The standard InChI is InChI=1S/C21H18F2N6O3S/c1-31-21-27-16-13-19(28-21)29(4-6-30)5-7-32-20(13)26-15(14(16)23)9-2-3-11(22)17-12(9)10(8-24)18(25)33-17/h2-3,8,24,30H,4-7,25H2,1H3. The third-order valence-corrected chi connectivity index (χ3v) is 6.46. The van der Waals surface area contributed by atoms with Crippen LogP contribution in [0.2, 0.25) is 0 Å². The monoisotopic (exact) mass is 472 g/mol. The van der Waals surface area contributed by atoms with Gasteiger partial charge in [-0.05, 0) is 12.1 Å². The molecule has 9 nitrogen and oxygen atoms in total. The van der Waals surface area contributed by atoms with E-state index in [9.17, 15) is 9.50 Å². The van der Waals surface area contributed by atoms with E-state index in [2.05, 4.69) is 15.0 Å². The number of nitrogens with one attached hydrogen (secondary N) is 1. The van der Waals surface area contributed by atoms with E-state index < -0.39 is 11.6 Å². The van der Waals surface area contributed by atoms with Gasteiger partial charge >= 0.3 is 6.01 Å². The largest absolute Gasteiger partial charge is 0.475 e. The first-order valence-electron chi connectivity index (χ1n) is 9.93. The van der Waals surface area contributed by atoms with Crippen molar-refractivity contribution in [1.29, 1.82) is 5.41 Å². The summed E-state index contributed by atoms with van der Waals surface area (Å²) in [5.74, 6) is -0.865. The normalized spacial score (nSPS) is 13.3. The predicted molar refractivity (Wildman–Crippen MR) is 122 cm³/mol. The lowest BCUT2D eigenvalue weighted by molar-refractivity contribution is 0.290. The van der Waals surface area contributed by atoms with Crippen LogP contribution in [0.1, 0.15) is 5.56 Å². The summed E-state index contributed by atoms with van der Waals surface area (Å²) in [5.41, 5.74) is 6.33. The van der Waals surface area contributed by atoms with Crippen molar-refractivity contribution >= 4 is 49.4 Å². The number of nitrogen functional groups attached to an aromatic ring is 1. The number of aliphatic hydroxyl groups excluding tert-OH is 1. The van der Waals surface area contributed by atoms with Gasteiger partial charge in [-0.2, -0.15) is 9.97 Å². The number of rotatable bonds is 5. The quantitative estimate of drug-likeness (QED) is 0.378. The molecule has 170 valence electrons. The number of hydrogen-bond donors (Lipinski definition) is 3. The van der Waals surface area contributed by atoms with Gasteiger partial charge in [-0.25, -0.2) is 13.8 Å². The van der Waals surface area contributed by atoms with Crippen molar-refractivity contribution in [2.24, 2.45) is 0 Å². The van der Waals surface area contributed by atoms with E-state index in [0.717, 1.165) is 17.6 Å². The smallest absolute Gasteiger partial charge is 0.318 e. The molecule has 3 aromatic heterocycles. The third kappa shape index (κ3) is 3.21. The van der Waals surface area contributed by atoms with E-state index in [0.29, 0.717) is 17.7 Å². The summed E-state index contributed by atoms with van der Waals surface area (Å²) in [6.07, 6.45) is 1.01. The van der Waals surface area contributed by atoms with Gasteiger partial charge in [0.25, 0.3) is 0 Å². The van der Waals surface area contributed by atoms with Crippen LogP contribution in [0.5, 0.6) is 11.9 Å². The van der Waals surface area contributed by atoms with Crippen molar-refractivity contribution in [3.63, 3.8) is 0 Å². The fraction of sp³-hybridized carbons (Fsp3) is 0.238. The highest BCUT2D eigenvalue weighted by Gasteiger charge is 2.29. The SMILES string of the molecule is COc1nc2c3c(nc(-c4ccc(F)c5sc(N)c(C=N)c45)c(F)c3n1)OCCN2CCO. The molecule has 0 atom stereocenters. The van der Waals surface area contributed by atoms with E-state index in [-0.39, 0.29) is 69.1 Å². The van der Waals surface area contributed by atoms with Crippen molar-refractivity contribution in [3.05, 3.63) is 29.3 Å². The van der Waals surface area contributed by atoms with Crippen LogP contribution >= 0.6 is 11.3 Å². The van der Waals surface area contributed by atoms with E-state index in [1.807, 2.05) is 0 Å². The summed E-state index contributed by atoms with van der Waals surface area (Å²) in [6, 6.07) is 2.54. The number of anilines is 2. The summed E-state index contributed by atoms with van der Waals surface area (Å²) in [6.45, 7) is 0.693. The number of fused-ring (bicyclic) bond motifs is 1. The molecule has 0 radical (unpaired) electrons. The van der Waals surface area contributed by atoms with Crippen molar-refractivity contribution in [2.45, 2.75) is 0 Å². The molecular weight excluding hydrogens is 454 g/mol. The fourth-order valence-electron chi connectivity index (χ4n) is 3.96. The van der Waals surface area contributed by atoms with Gasteiger partial charge in [0.05, 0.1) is 30.0 Å². The number of thiophene rings is 1. The molecule has 4 aromatic rings. The molecule has 0 spiro atoms. The highest BCUT2D eigenvalue weighted by Crippen LogP contribution is 2.44. The zero-order chi connectivity index (χ0) is 23.3. The number of halogens is 2. The van der Waals surface area contributed by atoms with E-state index >= 15 is 4.39 Å². The number of aliphatic hydroxyl groups is 1. The second-order valence-electron chi connectivity index (χ2n) is 7.22. The summed E-state index contributed by atoms with van der Waals surface area (Å²) < 4.78 is 41.7. The van der Waals surface area contributed by atoms with Crippen molar-refractivity contribution < 1.29 is 23.4 Å². The summed E-state index contributed by atoms with van der Waals surface area (Å²) in [5, 5.41) is 18.0. The van der Waals surface area contributed by atoms with Crippen LogP contribution in [-0.4, -0.2) is 59.7 Å². The van der Waals surface area contributed by atoms with Crippen LogP contribution in [0.15, 0.2) is 12.1 Å². The Morgan fingerprint density at radius 3 is 2.85 bits per heavy atom. The zero-order valence-corrected chi connectivity index (χ0v) is 18.2. The third-order valence-electron chi connectivity index (χ3n) is 5.42. The number of pyridine rings is 1. The Labute approximate surface area is 189 Å². The number of β-amino-alcohol motifs (C(OH)–C–C–N with tert-alkyl or cyclic N) is 1. The number of hydrogen-bond acceptors (Lipinski definition) is 10. The number of ether oxygens (including phenoxy) is 2. The first kappa shape index (κ1) is 21.2. The van der Waals surface area contributed by atoms with Gasteiger partial charge in [-0.1, -0.05) is 0 Å². The molecule has 33 heavy (non-hydrogen) atoms. The van der Waals surface area contributed by atoms with Crippen LogP contribution in [0.4, 0.5) is 19.6 Å². The Balaban J connectivity index is 1.88. The Morgan fingerprint density at radius 2 is 2.12 bits per heavy atom. The Kier molecular flexibility index (Phi) is 5.17. The minimum atomic E-state index is -0.779. The van der Waals surface area contributed by atoms with E-state index in [4.69, 9.17) is 20.6 Å². The average Bonchev–Trinajstić information content (AvgIpc) is 3.06. The summed E-state index contributed by atoms with van der Waals surface area (Å²) in [7, 11) is 1.37. The molecule has 5 rings (SSSR count). The number of methoxy groups -OCH3 is 1. The van der Waals surface area contributed by atoms with Gasteiger partial charge in [0, 0.05) is 29.3 Å². The van der Waals surface area contributed by atoms with Crippen LogP contribution in [0.25, 0.3) is 32.2 Å². The molecule has 4 heterocycles. The lowest BCUT2D eigenvalue weighted by atomic mass is 10.0. The maximum atomic E-state index is 16.0. The second-order valence-corrected chi connectivity index (χ2v) is 8.27. The maximum Gasteiger partial charge on any atom is 0.318 e. The molecule has 1 aliphatic heterocycles. The molecule has 0 amide bonds.